The first kappa shape index (κ1) is 26.0. The number of esters is 1. The molecule has 0 atom stereocenters. The lowest BCUT2D eigenvalue weighted by Gasteiger charge is -2.11. The van der Waals surface area contributed by atoms with Crippen LogP contribution in [0.1, 0.15) is 42.1 Å². The number of benzene rings is 4. The van der Waals surface area contributed by atoms with E-state index in [-0.39, 0.29) is 22.4 Å². The van der Waals surface area contributed by atoms with Gasteiger partial charge in [-0.05, 0) is 48.7 Å². The predicted octanol–water partition coefficient (Wildman–Crippen LogP) is 8.53. The molecule has 0 radical (unpaired) electrons. The second-order valence-corrected chi connectivity index (χ2v) is 8.77. The van der Waals surface area contributed by atoms with Crippen molar-refractivity contribution in [1.82, 2.24) is 0 Å². The monoisotopic (exact) mass is 504 g/mol. The molecule has 0 N–H and O–H groups in total. The molecule has 0 bridgehead atoms. The summed E-state index contributed by atoms with van der Waals surface area (Å²) in [4.78, 5) is 12.5. The van der Waals surface area contributed by atoms with E-state index in [1.807, 2.05) is 19.1 Å². The van der Waals surface area contributed by atoms with Crippen molar-refractivity contribution in [3.05, 3.63) is 107 Å². The van der Waals surface area contributed by atoms with Gasteiger partial charge >= 0.3 is 5.97 Å². The maximum atomic E-state index is 14.9. The Hall–Kier alpha value is -4.06. The van der Waals surface area contributed by atoms with Crippen LogP contribution in [0.3, 0.4) is 0 Å². The highest BCUT2D eigenvalue weighted by Gasteiger charge is 2.17. The van der Waals surface area contributed by atoms with Crippen LogP contribution in [0.5, 0.6) is 11.5 Å². The van der Waals surface area contributed by atoms with Gasteiger partial charge in [-0.1, -0.05) is 73.9 Å². The van der Waals surface area contributed by atoms with Crippen LogP contribution in [0.15, 0.2) is 78.9 Å². The summed E-state index contributed by atoms with van der Waals surface area (Å²) < 4.78 is 54.9. The summed E-state index contributed by atoms with van der Waals surface area (Å²) in [6, 6.07) is 20.1. The van der Waals surface area contributed by atoms with E-state index in [4.69, 9.17) is 9.47 Å². The van der Waals surface area contributed by atoms with Crippen LogP contribution in [-0.2, 0) is 0 Å². The lowest BCUT2D eigenvalue weighted by molar-refractivity contribution is 0.0727. The number of ether oxygens (including phenoxy) is 2. The van der Waals surface area contributed by atoms with Crippen LogP contribution in [0, 0.1) is 24.4 Å². The number of carbonyl (C=O) groups excluding carboxylic acids is 1. The van der Waals surface area contributed by atoms with Gasteiger partial charge in [0.25, 0.3) is 0 Å². The van der Waals surface area contributed by atoms with Gasteiger partial charge in [-0.3, -0.25) is 0 Å². The lowest BCUT2D eigenvalue weighted by Crippen LogP contribution is -2.09. The standard InChI is InChI=1S/C31H27F3O3/c1-3-4-5-18-36-24-14-17-28(27(32)19-24)37-31(35)23-12-10-22(11-13-23)26-16-15-25(29(33)30(26)34)21-8-6-20(2)7-9-21/h6-17,19H,3-5,18H2,1-2H3. The van der Waals surface area contributed by atoms with Crippen LogP contribution in [0.4, 0.5) is 13.2 Å². The summed E-state index contributed by atoms with van der Waals surface area (Å²) in [6.45, 7) is 4.48. The Labute approximate surface area is 214 Å². The minimum Gasteiger partial charge on any atom is -0.493 e. The fraction of sp³-hybridized carbons (Fsp3) is 0.194. The molecule has 0 aliphatic rings. The molecule has 0 heterocycles. The molecule has 0 amide bonds. The highest BCUT2D eigenvalue weighted by atomic mass is 19.2. The first-order valence-electron chi connectivity index (χ1n) is 12.2. The molecule has 0 aromatic heterocycles. The topological polar surface area (TPSA) is 35.5 Å². The molecule has 0 fully saturated rings. The minimum absolute atomic E-state index is 0.0637. The molecule has 0 saturated heterocycles. The zero-order valence-corrected chi connectivity index (χ0v) is 20.7. The average Bonchev–Trinajstić information content (AvgIpc) is 2.90. The summed E-state index contributed by atoms with van der Waals surface area (Å²) in [5, 5.41) is 0. The highest BCUT2D eigenvalue weighted by Crippen LogP contribution is 2.32. The van der Waals surface area contributed by atoms with Crippen LogP contribution in [0.25, 0.3) is 22.3 Å². The highest BCUT2D eigenvalue weighted by molar-refractivity contribution is 5.91. The Morgan fingerprint density at radius 3 is 1.92 bits per heavy atom. The average molecular weight is 505 g/mol. The van der Waals surface area contributed by atoms with E-state index in [1.54, 1.807) is 18.2 Å². The largest absolute Gasteiger partial charge is 0.493 e. The number of halogens is 3. The van der Waals surface area contributed by atoms with Crippen molar-refractivity contribution in [3.63, 3.8) is 0 Å². The van der Waals surface area contributed by atoms with Gasteiger partial charge in [0.2, 0.25) is 0 Å². The molecule has 0 saturated carbocycles. The molecule has 4 aromatic carbocycles. The van der Waals surface area contributed by atoms with Gasteiger partial charge in [-0.25, -0.2) is 18.0 Å². The summed E-state index contributed by atoms with van der Waals surface area (Å²) in [5.41, 5.74) is 2.36. The van der Waals surface area contributed by atoms with Crippen molar-refractivity contribution >= 4 is 5.97 Å². The van der Waals surface area contributed by atoms with Crippen LogP contribution < -0.4 is 9.47 Å². The molecule has 6 heteroatoms. The van der Waals surface area contributed by atoms with Crippen molar-refractivity contribution in [2.75, 3.05) is 6.61 Å². The number of hydrogen-bond acceptors (Lipinski definition) is 3. The first-order valence-corrected chi connectivity index (χ1v) is 12.2. The molecule has 0 unspecified atom stereocenters. The van der Waals surface area contributed by atoms with Crippen LogP contribution in [-0.4, -0.2) is 12.6 Å². The summed E-state index contributed by atoms with van der Waals surface area (Å²) in [6.07, 6.45) is 2.95. The molecule has 37 heavy (non-hydrogen) atoms. The third-order valence-corrected chi connectivity index (χ3v) is 6.00. The molecule has 190 valence electrons. The number of aryl methyl sites for hydroxylation is 1. The Bertz CT molecular complexity index is 1380. The fourth-order valence-corrected chi connectivity index (χ4v) is 3.87. The van der Waals surface area contributed by atoms with E-state index in [9.17, 15) is 18.0 Å². The molecule has 0 aliphatic carbocycles. The van der Waals surface area contributed by atoms with Crippen molar-refractivity contribution in [3.8, 4) is 33.8 Å². The second-order valence-electron chi connectivity index (χ2n) is 8.77. The zero-order chi connectivity index (χ0) is 26.4. The van der Waals surface area contributed by atoms with E-state index < -0.39 is 23.4 Å². The van der Waals surface area contributed by atoms with Crippen molar-refractivity contribution in [2.24, 2.45) is 0 Å². The van der Waals surface area contributed by atoms with E-state index in [0.717, 1.165) is 24.8 Å². The Kier molecular flexibility index (Phi) is 8.29. The van der Waals surface area contributed by atoms with Crippen LogP contribution in [0.2, 0.25) is 0 Å². The summed E-state index contributed by atoms with van der Waals surface area (Å²) in [7, 11) is 0. The van der Waals surface area contributed by atoms with Gasteiger partial charge in [-0.15, -0.1) is 0 Å². The number of hydrogen-bond donors (Lipinski definition) is 0. The van der Waals surface area contributed by atoms with Crippen molar-refractivity contribution in [1.29, 1.82) is 0 Å². The van der Waals surface area contributed by atoms with Gasteiger partial charge in [0.15, 0.2) is 23.2 Å². The zero-order valence-electron chi connectivity index (χ0n) is 20.7. The van der Waals surface area contributed by atoms with Crippen molar-refractivity contribution in [2.45, 2.75) is 33.1 Å². The van der Waals surface area contributed by atoms with E-state index in [2.05, 4.69) is 6.92 Å². The molecular formula is C31H27F3O3. The van der Waals surface area contributed by atoms with Gasteiger partial charge in [-0.2, -0.15) is 0 Å². The number of carbonyl (C=O) groups is 1. The third kappa shape index (κ3) is 6.20. The summed E-state index contributed by atoms with van der Waals surface area (Å²) >= 11 is 0. The quantitative estimate of drug-likeness (QED) is 0.130. The predicted molar refractivity (Wildman–Crippen MR) is 138 cm³/mol. The maximum absolute atomic E-state index is 14.9. The normalized spacial score (nSPS) is 10.8. The van der Waals surface area contributed by atoms with E-state index in [1.165, 1.54) is 48.5 Å². The molecule has 3 nitrogen and oxygen atoms in total. The van der Waals surface area contributed by atoms with Gasteiger partial charge in [0, 0.05) is 17.2 Å². The van der Waals surface area contributed by atoms with Gasteiger partial charge < -0.3 is 9.47 Å². The minimum atomic E-state index is -0.979. The molecule has 4 aromatic rings. The molecular weight excluding hydrogens is 477 g/mol. The molecule has 0 aliphatic heterocycles. The maximum Gasteiger partial charge on any atom is 0.343 e. The fourth-order valence-electron chi connectivity index (χ4n) is 3.87. The molecule has 4 rings (SSSR count). The van der Waals surface area contributed by atoms with Gasteiger partial charge in [0.1, 0.15) is 5.75 Å². The van der Waals surface area contributed by atoms with Crippen LogP contribution >= 0.6 is 0 Å². The number of rotatable bonds is 9. The van der Waals surface area contributed by atoms with E-state index in [0.29, 0.717) is 23.5 Å². The van der Waals surface area contributed by atoms with Gasteiger partial charge in [0.05, 0.1) is 12.2 Å². The second kappa shape index (κ2) is 11.8. The smallest absolute Gasteiger partial charge is 0.343 e. The van der Waals surface area contributed by atoms with Crippen molar-refractivity contribution < 1.29 is 27.4 Å². The lowest BCUT2D eigenvalue weighted by atomic mass is 9.98. The molecule has 0 spiro atoms. The first-order chi connectivity index (χ1) is 17.9. The Morgan fingerprint density at radius 2 is 1.35 bits per heavy atom. The Morgan fingerprint density at radius 1 is 0.757 bits per heavy atom. The summed E-state index contributed by atoms with van der Waals surface area (Å²) in [5.74, 6) is -3.28. The third-order valence-electron chi connectivity index (χ3n) is 6.00. The number of unbranched alkanes of at least 4 members (excludes halogenated alkanes) is 2. The SMILES string of the molecule is CCCCCOc1ccc(OC(=O)c2ccc(-c3ccc(-c4ccc(C)cc4)c(F)c3F)cc2)c(F)c1. The Balaban J connectivity index is 1.46. The van der Waals surface area contributed by atoms with E-state index >= 15 is 0 Å².